The Bertz CT molecular complexity index is 864. The summed E-state index contributed by atoms with van der Waals surface area (Å²) < 4.78 is 31.6. The number of ether oxygens (including phenoxy) is 1. The van der Waals surface area contributed by atoms with Gasteiger partial charge in [-0.1, -0.05) is 30.3 Å². The molecule has 0 saturated heterocycles. The monoisotopic (exact) mass is 350 g/mol. The molecule has 0 aliphatic rings. The van der Waals surface area contributed by atoms with Gasteiger partial charge in [-0.3, -0.25) is 9.59 Å². The summed E-state index contributed by atoms with van der Waals surface area (Å²) in [5.74, 6) is -1.47. The molecule has 0 heterocycles. The molecule has 24 heavy (non-hydrogen) atoms. The van der Waals surface area contributed by atoms with Crippen molar-refractivity contribution in [3.8, 4) is 0 Å². The molecule has 7 nitrogen and oxygen atoms in total. The van der Waals surface area contributed by atoms with Gasteiger partial charge < -0.3 is 10.5 Å². The van der Waals surface area contributed by atoms with E-state index >= 15 is 0 Å². The summed E-state index contributed by atoms with van der Waals surface area (Å²) >= 11 is 0. The Labute approximate surface area is 139 Å². The summed E-state index contributed by atoms with van der Waals surface area (Å²) in [6, 6.07) is 12.2. The van der Waals surface area contributed by atoms with Crippen LogP contribution in [-0.4, -0.2) is 32.9 Å². The summed E-state index contributed by atoms with van der Waals surface area (Å²) in [4.78, 5) is 22.4. The summed E-state index contributed by atoms with van der Waals surface area (Å²) in [6.45, 7) is 1.21. The van der Waals surface area contributed by atoms with Crippen molar-refractivity contribution < 1.29 is 22.7 Å². The fourth-order valence-corrected chi connectivity index (χ4v) is 3.09. The summed E-state index contributed by atoms with van der Waals surface area (Å²) in [5.41, 5.74) is 4.98. The van der Waals surface area contributed by atoms with Crippen molar-refractivity contribution in [3.05, 3.63) is 42.5 Å². The molecule has 8 heteroatoms. The van der Waals surface area contributed by atoms with Crippen LogP contribution in [0.5, 0.6) is 0 Å². The molecule has 0 aliphatic heterocycles. The second-order valence-electron chi connectivity index (χ2n) is 5.19. The number of nitrogens with one attached hydrogen (secondary N) is 1. The highest BCUT2D eigenvalue weighted by Gasteiger charge is 2.17. The van der Waals surface area contributed by atoms with E-state index in [-0.39, 0.29) is 17.9 Å². The lowest BCUT2D eigenvalue weighted by Gasteiger charge is -2.10. The number of carbonyl (C=O) groups excluding carboxylic acids is 2. The molecule has 2 aromatic rings. The van der Waals surface area contributed by atoms with Crippen LogP contribution in [0.4, 0.5) is 0 Å². The number of rotatable bonds is 7. The van der Waals surface area contributed by atoms with Crippen LogP contribution >= 0.6 is 0 Å². The van der Waals surface area contributed by atoms with Crippen LogP contribution < -0.4 is 10.5 Å². The molecule has 0 unspecified atom stereocenters. The van der Waals surface area contributed by atoms with Crippen molar-refractivity contribution in [1.82, 2.24) is 4.72 Å². The SMILES string of the molecule is C[C@@H](OC(=O)CCNS(=O)(=O)c1ccc2ccccc2c1)C(N)=O. The highest BCUT2D eigenvalue weighted by molar-refractivity contribution is 7.89. The molecular weight excluding hydrogens is 332 g/mol. The maximum atomic E-state index is 12.3. The third-order valence-electron chi connectivity index (χ3n) is 3.36. The topological polar surface area (TPSA) is 116 Å². The van der Waals surface area contributed by atoms with Crippen LogP contribution in [-0.2, 0) is 24.3 Å². The van der Waals surface area contributed by atoms with Crippen LogP contribution in [0.3, 0.4) is 0 Å². The van der Waals surface area contributed by atoms with Crippen LogP contribution in [0.1, 0.15) is 13.3 Å². The maximum Gasteiger partial charge on any atom is 0.307 e. The fraction of sp³-hybridized carbons (Fsp3) is 0.250. The average Bonchev–Trinajstić information content (AvgIpc) is 2.54. The van der Waals surface area contributed by atoms with Gasteiger partial charge in [-0.15, -0.1) is 0 Å². The van der Waals surface area contributed by atoms with Gasteiger partial charge in [0.2, 0.25) is 10.0 Å². The standard InChI is InChI=1S/C16H18N2O5S/c1-11(16(17)20)23-15(19)8-9-18-24(21,22)14-7-6-12-4-2-3-5-13(12)10-14/h2-7,10-11,18H,8-9H2,1H3,(H2,17,20)/t11-/m1/s1. The fourth-order valence-electron chi connectivity index (χ4n) is 2.02. The zero-order valence-electron chi connectivity index (χ0n) is 13.1. The number of primary amides is 1. The third kappa shape index (κ3) is 4.53. The number of benzene rings is 2. The Morgan fingerprint density at radius 2 is 1.83 bits per heavy atom. The second kappa shape index (κ2) is 7.41. The third-order valence-corrected chi connectivity index (χ3v) is 4.82. The highest BCUT2D eigenvalue weighted by atomic mass is 32.2. The first-order valence-electron chi connectivity index (χ1n) is 7.27. The van der Waals surface area contributed by atoms with E-state index in [9.17, 15) is 18.0 Å². The lowest BCUT2D eigenvalue weighted by atomic mass is 10.1. The minimum absolute atomic E-state index is 0.111. The predicted octanol–water partition coefficient (Wildman–Crippen LogP) is 0.925. The number of carbonyl (C=O) groups is 2. The minimum Gasteiger partial charge on any atom is -0.453 e. The van der Waals surface area contributed by atoms with Crippen LogP contribution in [0.15, 0.2) is 47.4 Å². The van der Waals surface area contributed by atoms with E-state index in [1.165, 1.54) is 13.0 Å². The smallest absolute Gasteiger partial charge is 0.307 e. The van der Waals surface area contributed by atoms with Crippen molar-refractivity contribution in [2.45, 2.75) is 24.3 Å². The molecule has 128 valence electrons. The lowest BCUT2D eigenvalue weighted by molar-refractivity contribution is -0.153. The number of fused-ring (bicyclic) bond motifs is 1. The van der Waals surface area contributed by atoms with Crippen LogP contribution in [0.25, 0.3) is 10.8 Å². The first kappa shape index (κ1) is 17.9. The minimum atomic E-state index is -3.74. The Kier molecular flexibility index (Phi) is 5.53. The Morgan fingerprint density at radius 3 is 2.50 bits per heavy atom. The van der Waals surface area contributed by atoms with Crippen molar-refractivity contribution in [2.24, 2.45) is 5.73 Å². The highest BCUT2D eigenvalue weighted by Crippen LogP contribution is 2.18. The molecule has 0 aromatic heterocycles. The van der Waals surface area contributed by atoms with Gasteiger partial charge in [0.25, 0.3) is 5.91 Å². The van der Waals surface area contributed by atoms with Gasteiger partial charge in [0, 0.05) is 6.54 Å². The number of hydrogen-bond donors (Lipinski definition) is 2. The predicted molar refractivity (Wildman–Crippen MR) is 88.5 cm³/mol. The molecule has 0 bridgehead atoms. The van der Waals surface area contributed by atoms with Gasteiger partial charge in [0.15, 0.2) is 6.10 Å². The number of nitrogens with two attached hydrogens (primary N) is 1. The molecule has 0 aliphatic carbocycles. The first-order chi connectivity index (χ1) is 11.3. The Balaban J connectivity index is 1.97. The molecular formula is C16H18N2O5S. The summed E-state index contributed by atoms with van der Waals surface area (Å²) in [5, 5.41) is 1.73. The quantitative estimate of drug-likeness (QED) is 0.721. The van der Waals surface area contributed by atoms with Gasteiger partial charge in [-0.2, -0.15) is 0 Å². The Morgan fingerprint density at radius 1 is 1.17 bits per heavy atom. The van der Waals surface area contributed by atoms with Crippen LogP contribution in [0, 0.1) is 0 Å². The molecule has 2 rings (SSSR count). The zero-order chi connectivity index (χ0) is 17.7. The number of amides is 1. The van der Waals surface area contributed by atoms with E-state index in [1.807, 2.05) is 24.3 Å². The molecule has 0 fully saturated rings. The second-order valence-corrected chi connectivity index (χ2v) is 6.96. The van der Waals surface area contributed by atoms with Crippen molar-refractivity contribution >= 4 is 32.7 Å². The molecule has 1 amide bonds. The number of hydrogen-bond acceptors (Lipinski definition) is 5. The van der Waals surface area contributed by atoms with Gasteiger partial charge in [-0.25, -0.2) is 13.1 Å². The van der Waals surface area contributed by atoms with E-state index in [0.29, 0.717) is 0 Å². The average molecular weight is 350 g/mol. The van der Waals surface area contributed by atoms with Gasteiger partial charge in [0.05, 0.1) is 11.3 Å². The van der Waals surface area contributed by atoms with E-state index < -0.39 is 28.0 Å². The van der Waals surface area contributed by atoms with Crippen molar-refractivity contribution in [2.75, 3.05) is 6.54 Å². The normalized spacial score (nSPS) is 12.7. The van der Waals surface area contributed by atoms with Gasteiger partial charge in [0.1, 0.15) is 0 Å². The molecule has 1 atom stereocenters. The first-order valence-corrected chi connectivity index (χ1v) is 8.75. The maximum absolute atomic E-state index is 12.3. The summed E-state index contributed by atoms with van der Waals surface area (Å²) in [7, 11) is -3.74. The van der Waals surface area contributed by atoms with E-state index in [0.717, 1.165) is 10.8 Å². The van der Waals surface area contributed by atoms with Crippen molar-refractivity contribution in [1.29, 1.82) is 0 Å². The number of esters is 1. The van der Waals surface area contributed by atoms with E-state index in [1.54, 1.807) is 12.1 Å². The molecule has 0 spiro atoms. The number of sulfonamides is 1. The van der Waals surface area contributed by atoms with E-state index in [4.69, 9.17) is 10.5 Å². The largest absolute Gasteiger partial charge is 0.453 e. The van der Waals surface area contributed by atoms with Gasteiger partial charge in [-0.05, 0) is 29.8 Å². The van der Waals surface area contributed by atoms with Crippen molar-refractivity contribution in [3.63, 3.8) is 0 Å². The van der Waals surface area contributed by atoms with E-state index in [2.05, 4.69) is 4.72 Å². The van der Waals surface area contributed by atoms with Gasteiger partial charge >= 0.3 is 5.97 Å². The Hall–Kier alpha value is -2.45. The lowest BCUT2D eigenvalue weighted by Crippen LogP contribution is -2.32. The molecule has 3 N–H and O–H groups in total. The molecule has 0 radical (unpaired) electrons. The van der Waals surface area contributed by atoms with Crippen LogP contribution in [0.2, 0.25) is 0 Å². The summed E-state index contributed by atoms with van der Waals surface area (Å²) in [6.07, 6.45) is -1.25. The zero-order valence-corrected chi connectivity index (χ0v) is 13.9. The molecule has 2 aromatic carbocycles. The molecule has 0 saturated carbocycles.